The molecule has 0 rings (SSSR count). The average molecular weight is 218 g/mol. The summed E-state index contributed by atoms with van der Waals surface area (Å²) in [6, 6.07) is 0. The van der Waals surface area contributed by atoms with Gasteiger partial charge in [0.05, 0.1) is 0 Å². The number of hydrogen-bond donors (Lipinski definition) is 0. The molecule has 0 spiro atoms. The summed E-state index contributed by atoms with van der Waals surface area (Å²) in [6.07, 6.45) is 4.24. The van der Waals surface area contributed by atoms with Gasteiger partial charge in [0.1, 0.15) is 0 Å². The minimum atomic E-state index is -0.687. The lowest BCUT2D eigenvalue weighted by Gasteiger charge is -2.16. The van der Waals surface area contributed by atoms with Gasteiger partial charge in [-0.2, -0.15) is 0 Å². The molecule has 3 nitrogen and oxygen atoms in total. The molecule has 0 aliphatic rings. The molecule has 0 aromatic rings. The van der Waals surface area contributed by atoms with Crippen LogP contribution in [0, 0.1) is 0 Å². The lowest BCUT2D eigenvalue weighted by molar-refractivity contribution is -0.127. The molecule has 0 aliphatic carbocycles. The first-order valence-electron chi connectivity index (χ1n) is 4.74. The highest BCUT2D eigenvalue weighted by Crippen LogP contribution is 2.05. The lowest BCUT2D eigenvalue weighted by Crippen LogP contribution is -2.33. The Kier molecular flexibility index (Phi) is 7.11. The second-order valence-corrected chi connectivity index (χ2v) is 3.30. The molecule has 4 heteroatoms. The quantitative estimate of drug-likeness (QED) is 0.390. The number of hydrogen-bond acceptors (Lipinski definition) is 2. The Morgan fingerprint density at radius 1 is 1.50 bits per heavy atom. The molecule has 0 aromatic heterocycles. The van der Waals surface area contributed by atoms with Gasteiger partial charge in [-0.1, -0.05) is 19.4 Å². The fourth-order valence-electron chi connectivity index (χ4n) is 0.987. The fourth-order valence-corrected chi connectivity index (χ4v) is 1.17. The number of halogens is 1. The standard InChI is InChI=1S/C10H16ClNO2/c1-3-5-7-9(13)12(10(11)14)8-6-4-2/h3H,1,4-8H2,2H3. The Balaban J connectivity index is 4.11. The van der Waals surface area contributed by atoms with E-state index >= 15 is 0 Å². The second-order valence-electron chi connectivity index (χ2n) is 2.98. The maximum Gasteiger partial charge on any atom is 0.323 e. The lowest BCUT2D eigenvalue weighted by atomic mass is 10.2. The van der Waals surface area contributed by atoms with E-state index in [0.717, 1.165) is 17.7 Å². The molecule has 0 atom stereocenters. The normalized spacial score (nSPS) is 9.57. The summed E-state index contributed by atoms with van der Waals surface area (Å²) < 4.78 is 0. The predicted molar refractivity (Wildman–Crippen MR) is 57.3 cm³/mol. The van der Waals surface area contributed by atoms with E-state index in [4.69, 9.17) is 11.6 Å². The van der Waals surface area contributed by atoms with Crippen LogP contribution in [-0.2, 0) is 4.79 Å². The van der Waals surface area contributed by atoms with Crippen LogP contribution in [0.2, 0.25) is 0 Å². The van der Waals surface area contributed by atoms with E-state index in [9.17, 15) is 9.59 Å². The topological polar surface area (TPSA) is 37.4 Å². The summed E-state index contributed by atoms with van der Waals surface area (Å²) in [4.78, 5) is 23.4. The number of imide groups is 1. The Bertz CT molecular complexity index is 216. The summed E-state index contributed by atoms with van der Waals surface area (Å²) in [5, 5.41) is -0.687. The third-order valence-electron chi connectivity index (χ3n) is 1.81. The minimum Gasteiger partial charge on any atom is -0.274 e. The van der Waals surface area contributed by atoms with Crippen molar-refractivity contribution in [2.45, 2.75) is 32.6 Å². The Hall–Kier alpha value is -0.830. The van der Waals surface area contributed by atoms with Crippen molar-refractivity contribution >= 4 is 22.9 Å². The van der Waals surface area contributed by atoms with E-state index in [0.29, 0.717) is 19.4 Å². The van der Waals surface area contributed by atoms with Crippen molar-refractivity contribution in [1.29, 1.82) is 0 Å². The molecule has 14 heavy (non-hydrogen) atoms. The second kappa shape index (κ2) is 7.56. The van der Waals surface area contributed by atoms with E-state index in [1.54, 1.807) is 6.08 Å². The molecule has 80 valence electrons. The summed E-state index contributed by atoms with van der Waals surface area (Å²) in [5.74, 6) is -0.224. The van der Waals surface area contributed by atoms with Crippen molar-refractivity contribution in [3.63, 3.8) is 0 Å². The summed E-state index contributed by atoms with van der Waals surface area (Å²) in [7, 11) is 0. The van der Waals surface area contributed by atoms with Gasteiger partial charge in [-0.25, -0.2) is 0 Å². The number of unbranched alkanes of at least 4 members (excludes halogenated alkanes) is 1. The summed E-state index contributed by atoms with van der Waals surface area (Å²) in [5.41, 5.74) is 0. The Morgan fingerprint density at radius 3 is 2.57 bits per heavy atom. The van der Waals surface area contributed by atoms with Gasteiger partial charge in [-0.15, -0.1) is 6.58 Å². The van der Waals surface area contributed by atoms with Crippen molar-refractivity contribution in [3.8, 4) is 0 Å². The van der Waals surface area contributed by atoms with Crippen LogP contribution in [-0.4, -0.2) is 22.7 Å². The van der Waals surface area contributed by atoms with Gasteiger partial charge in [0, 0.05) is 13.0 Å². The minimum absolute atomic E-state index is 0.224. The van der Waals surface area contributed by atoms with Crippen molar-refractivity contribution in [2.75, 3.05) is 6.54 Å². The maximum absolute atomic E-state index is 11.4. The third-order valence-corrected chi connectivity index (χ3v) is 2.01. The van der Waals surface area contributed by atoms with Crippen molar-refractivity contribution in [3.05, 3.63) is 12.7 Å². The number of rotatable bonds is 6. The van der Waals surface area contributed by atoms with E-state index in [1.165, 1.54) is 0 Å². The molecule has 0 bridgehead atoms. The number of carbonyl (C=O) groups excluding carboxylic acids is 2. The van der Waals surface area contributed by atoms with Crippen molar-refractivity contribution in [1.82, 2.24) is 4.90 Å². The molecule has 0 N–H and O–H groups in total. The molecule has 0 aliphatic heterocycles. The van der Waals surface area contributed by atoms with Gasteiger partial charge in [0.15, 0.2) is 0 Å². The molecular weight excluding hydrogens is 202 g/mol. The fraction of sp³-hybridized carbons (Fsp3) is 0.600. The predicted octanol–water partition coefficient (Wildman–Crippen LogP) is 2.94. The number of amides is 2. The molecule has 0 saturated heterocycles. The molecule has 0 radical (unpaired) electrons. The van der Waals surface area contributed by atoms with Gasteiger partial charge in [-0.3, -0.25) is 14.5 Å². The smallest absolute Gasteiger partial charge is 0.274 e. The zero-order chi connectivity index (χ0) is 11.0. The zero-order valence-electron chi connectivity index (χ0n) is 8.46. The molecular formula is C10H16ClNO2. The highest BCUT2D eigenvalue weighted by atomic mass is 35.5. The molecule has 2 amide bonds. The number of allylic oxidation sites excluding steroid dienone is 1. The van der Waals surface area contributed by atoms with Crippen LogP contribution >= 0.6 is 11.6 Å². The number of nitrogens with zero attached hydrogens (tertiary/aromatic N) is 1. The highest BCUT2D eigenvalue weighted by molar-refractivity contribution is 6.64. The van der Waals surface area contributed by atoms with Crippen LogP contribution in [0.15, 0.2) is 12.7 Å². The number of carbonyl (C=O) groups is 2. The SMILES string of the molecule is C=CCCC(=O)N(CCCC)C(=O)Cl. The van der Waals surface area contributed by atoms with Crippen LogP contribution in [0.1, 0.15) is 32.6 Å². The zero-order valence-corrected chi connectivity index (χ0v) is 9.22. The van der Waals surface area contributed by atoms with E-state index in [2.05, 4.69) is 6.58 Å². The van der Waals surface area contributed by atoms with E-state index in [-0.39, 0.29) is 5.91 Å². The Morgan fingerprint density at radius 2 is 2.14 bits per heavy atom. The van der Waals surface area contributed by atoms with E-state index < -0.39 is 5.37 Å². The first kappa shape index (κ1) is 13.2. The van der Waals surface area contributed by atoms with Gasteiger partial charge >= 0.3 is 5.37 Å². The Labute approximate surface area is 89.7 Å². The molecule has 0 saturated carbocycles. The van der Waals surface area contributed by atoms with Crippen LogP contribution in [0.5, 0.6) is 0 Å². The highest BCUT2D eigenvalue weighted by Gasteiger charge is 2.17. The monoisotopic (exact) mass is 217 g/mol. The molecule has 0 fully saturated rings. The third kappa shape index (κ3) is 5.02. The van der Waals surface area contributed by atoms with Gasteiger partial charge in [0.25, 0.3) is 0 Å². The average Bonchev–Trinajstić information content (AvgIpc) is 2.14. The van der Waals surface area contributed by atoms with Crippen LogP contribution in [0.3, 0.4) is 0 Å². The van der Waals surface area contributed by atoms with Crippen LogP contribution in [0.4, 0.5) is 4.79 Å². The maximum atomic E-state index is 11.4. The van der Waals surface area contributed by atoms with Gasteiger partial charge < -0.3 is 0 Å². The first-order valence-corrected chi connectivity index (χ1v) is 5.12. The van der Waals surface area contributed by atoms with Crippen LogP contribution in [0.25, 0.3) is 0 Å². The van der Waals surface area contributed by atoms with E-state index in [1.807, 2.05) is 6.92 Å². The van der Waals surface area contributed by atoms with Crippen molar-refractivity contribution < 1.29 is 9.59 Å². The van der Waals surface area contributed by atoms with Crippen LogP contribution < -0.4 is 0 Å². The van der Waals surface area contributed by atoms with Gasteiger partial charge in [0.2, 0.25) is 5.91 Å². The summed E-state index contributed by atoms with van der Waals surface area (Å²) >= 11 is 5.29. The molecule has 0 unspecified atom stereocenters. The summed E-state index contributed by atoms with van der Waals surface area (Å²) in [6.45, 7) is 5.91. The molecule has 0 heterocycles. The van der Waals surface area contributed by atoms with Crippen molar-refractivity contribution in [2.24, 2.45) is 0 Å². The first-order chi connectivity index (χ1) is 6.63. The van der Waals surface area contributed by atoms with Gasteiger partial charge in [-0.05, 0) is 24.4 Å². The molecule has 0 aromatic carbocycles. The largest absolute Gasteiger partial charge is 0.323 e.